The molecule has 0 spiro atoms. The Morgan fingerprint density at radius 1 is 1.24 bits per heavy atom. The van der Waals surface area contributed by atoms with Crippen LogP contribution in [0.1, 0.15) is 31.4 Å². The van der Waals surface area contributed by atoms with Crippen LogP contribution >= 0.6 is 11.6 Å². The molecule has 0 saturated heterocycles. The second-order valence-corrected chi connectivity index (χ2v) is 5.48. The lowest BCUT2D eigenvalue weighted by atomic mass is 10.2. The fourth-order valence-corrected chi connectivity index (χ4v) is 2.08. The minimum Gasteiger partial charge on any atom is -0.489 e. The van der Waals surface area contributed by atoms with Crippen LogP contribution in [0.25, 0.3) is 0 Å². The summed E-state index contributed by atoms with van der Waals surface area (Å²) in [6.45, 7) is 6.16. The highest BCUT2D eigenvalue weighted by Gasteiger charge is 2.06. The molecule has 2 rings (SSSR count). The average Bonchev–Trinajstić information content (AvgIpc) is 2.48. The smallest absolute Gasteiger partial charge is 0.138 e. The van der Waals surface area contributed by atoms with Gasteiger partial charge in [-0.25, -0.2) is 0 Å². The van der Waals surface area contributed by atoms with Crippen molar-refractivity contribution >= 4 is 23.5 Å². The van der Waals surface area contributed by atoms with Crippen LogP contribution in [0, 0.1) is 6.92 Å². The topological polar surface area (TPSA) is 21.6 Å². The van der Waals surface area contributed by atoms with Gasteiger partial charge in [0.15, 0.2) is 0 Å². The molecule has 3 heteroatoms. The van der Waals surface area contributed by atoms with E-state index in [1.165, 1.54) is 0 Å². The number of aryl methyl sites for hydroxylation is 1. The second-order valence-electron chi connectivity index (χ2n) is 5.07. The van der Waals surface area contributed by atoms with Crippen molar-refractivity contribution in [2.75, 3.05) is 0 Å². The summed E-state index contributed by atoms with van der Waals surface area (Å²) in [6, 6.07) is 13.8. The normalized spacial score (nSPS) is 12.6. The van der Waals surface area contributed by atoms with Crippen LogP contribution in [0.5, 0.6) is 5.75 Å². The Bertz CT molecular complexity index is 637. The number of benzene rings is 2. The van der Waals surface area contributed by atoms with E-state index in [4.69, 9.17) is 16.3 Å². The monoisotopic (exact) mass is 301 g/mol. The zero-order valence-corrected chi connectivity index (χ0v) is 13.4. The van der Waals surface area contributed by atoms with Crippen LogP contribution in [-0.2, 0) is 0 Å². The molecule has 21 heavy (non-hydrogen) atoms. The van der Waals surface area contributed by atoms with Gasteiger partial charge in [0, 0.05) is 6.21 Å². The lowest BCUT2D eigenvalue weighted by Crippen LogP contribution is -2.09. The molecule has 0 aromatic heterocycles. The van der Waals surface area contributed by atoms with Gasteiger partial charge < -0.3 is 4.74 Å². The first-order valence-electron chi connectivity index (χ1n) is 7.16. The number of para-hydroxylation sites is 1. The fourth-order valence-electron chi connectivity index (χ4n) is 1.85. The second kappa shape index (κ2) is 7.28. The summed E-state index contributed by atoms with van der Waals surface area (Å²) < 4.78 is 5.75. The van der Waals surface area contributed by atoms with Crippen molar-refractivity contribution in [2.24, 2.45) is 4.99 Å². The lowest BCUT2D eigenvalue weighted by Gasteiger charge is -2.13. The van der Waals surface area contributed by atoms with Crippen molar-refractivity contribution < 1.29 is 4.74 Å². The lowest BCUT2D eigenvalue weighted by molar-refractivity contribution is 0.217. The molecule has 0 bridgehead atoms. The van der Waals surface area contributed by atoms with E-state index < -0.39 is 0 Å². The van der Waals surface area contributed by atoms with Gasteiger partial charge in [-0.05, 0) is 55.7 Å². The number of halogens is 1. The first-order chi connectivity index (χ1) is 10.1. The molecule has 0 radical (unpaired) electrons. The van der Waals surface area contributed by atoms with E-state index in [2.05, 4.69) is 11.9 Å². The fraction of sp³-hybridized carbons (Fsp3) is 0.278. The van der Waals surface area contributed by atoms with Gasteiger partial charge in [0.1, 0.15) is 5.75 Å². The van der Waals surface area contributed by atoms with Crippen LogP contribution in [0.2, 0.25) is 5.02 Å². The summed E-state index contributed by atoms with van der Waals surface area (Å²) in [5, 5.41) is 0.615. The molecule has 0 aliphatic heterocycles. The molecule has 2 nitrogen and oxygen atoms in total. The highest BCUT2D eigenvalue weighted by molar-refractivity contribution is 6.32. The summed E-state index contributed by atoms with van der Waals surface area (Å²) in [7, 11) is 0. The van der Waals surface area contributed by atoms with Gasteiger partial charge in [0.2, 0.25) is 0 Å². The molecule has 2 aromatic rings. The van der Waals surface area contributed by atoms with Gasteiger partial charge >= 0.3 is 0 Å². The van der Waals surface area contributed by atoms with Crippen molar-refractivity contribution in [3.05, 3.63) is 58.6 Å². The zero-order valence-electron chi connectivity index (χ0n) is 12.6. The van der Waals surface area contributed by atoms with E-state index in [0.717, 1.165) is 29.0 Å². The van der Waals surface area contributed by atoms with Gasteiger partial charge in [-0.15, -0.1) is 0 Å². The quantitative estimate of drug-likeness (QED) is 0.661. The third kappa shape index (κ3) is 4.33. The summed E-state index contributed by atoms with van der Waals surface area (Å²) in [4.78, 5) is 4.50. The first-order valence-corrected chi connectivity index (χ1v) is 7.54. The molecule has 0 amide bonds. The van der Waals surface area contributed by atoms with Crippen LogP contribution in [0.3, 0.4) is 0 Å². The molecule has 0 unspecified atom stereocenters. The van der Waals surface area contributed by atoms with Gasteiger partial charge in [0.25, 0.3) is 0 Å². The van der Waals surface area contributed by atoms with Crippen LogP contribution < -0.4 is 4.74 Å². The largest absolute Gasteiger partial charge is 0.489 e. The van der Waals surface area contributed by atoms with E-state index >= 15 is 0 Å². The Morgan fingerprint density at radius 3 is 2.67 bits per heavy atom. The predicted molar refractivity (Wildman–Crippen MR) is 90.3 cm³/mol. The average molecular weight is 302 g/mol. The number of nitrogens with zero attached hydrogens (tertiary/aromatic N) is 1. The Kier molecular flexibility index (Phi) is 5.40. The van der Waals surface area contributed by atoms with E-state index in [9.17, 15) is 0 Å². The Labute approximate surface area is 131 Å². The molecule has 0 saturated carbocycles. The molecule has 2 aromatic carbocycles. The molecule has 0 heterocycles. The maximum absolute atomic E-state index is 6.26. The van der Waals surface area contributed by atoms with Crippen molar-refractivity contribution in [3.63, 3.8) is 0 Å². The third-order valence-corrected chi connectivity index (χ3v) is 3.62. The van der Waals surface area contributed by atoms with Gasteiger partial charge in [0.05, 0.1) is 16.8 Å². The minimum absolute atomic E-state index is 0.161. The van der Waals surface area contributed by atoms with Crippen LogP contribution in [0.15, 0.2) is 47.5 Å². The van der Waals surface area contributed by atoms with Crippen molar-refractivity contribution in [3.8, 4) is 5.75 Å². The number of hydrogen-bond acceptors (Lipinski definition) is 2. The highest BCUT2D eigenvalue weighted by atomic mass is 35.5. The molecule has 0 fully saturated rings. The molecule has 110 valence electrons. The number of hydrogen-bond donors (Lipinski definition) is 0. The molecule has 0 aliphatic rings. The van der Waals surface area contributed by atoms with E-state index in [1.54, 1.807) is 0 Å². The standard InChI is InChI=1S/C18H20ClNO/c1-4-14(3)21-18-10-9-15(11-16(18)19)12-20-17-8-6-5-7-13(17)2/h5-12,14H,4H2,1-3H3/t14-/m1/s1. The van der Waals surface area contributed by atoms with Gasteiger partial charge in [-0.3, -0.25) is 4.99 Å². The Balaban J connectivity index is 2.15. The molecular formula is C18H20ClNO. The summed E-state index contributed by atoms with van der Waals surface area (Å²) in [6.07, 6.45) is 2.93. The van der Waals surface area contributed by atoms with Crippen molar-refractivity contribution in [1.29, 1.82) is 0 Å². The maximum Gasteiger partial charge on any atom is 0.138 e. The number of aliphatic imine (C=N–C) groups is 1. The predicted octanol–water partition coefficient (Wildman–Crippen LogP) is 5.58. The molecule has 0 aliphatic carbocycles. The zero-order chi connectivity index (χ0) is 15.2. The van der Waals surface area contributed by atoms with E-state index in [0.29, 0.717) is 5.02 Å². The van der Waals surface area contributed by atoms with Crippen molar-refractivity contribution in [1.82, 2.24) is 0 Å². The van der Waals surface area contributed by atoms with Gasteiger partial charge in [-0.1, -0.05) is 36.7 Å². The Hall–Kier alpha value is -1.80. The van der Waals surface area contributed by atoms with Crippen molar-refractivity contribution in [2.45, 2.75) is 33.3 Å². The van der Waals surface area contributed by atoms with Crippen LogP contribution in [0.4, 0.5) is 5.69 Å². The molecule has 0 N–H and O–H groups in total. The van der Waals surface area contributed by atoms with E-state index in [1.807, 2.05) is 62.5 Å². The number of ether oxygens (including phenoxy) is 1. The maximum atomic E-state index is 6.26. The van der Waals surface area contributed by atoms with Gasteiger partial charge in [-0.2, -0.15) is 0 Å². The molecule has 1 atom stereocenters. The summed E-state index contributed by atoms with van der Waals surface area (Å²) in [5.41, 5.74) is 3.07. The first kappa shape index (κ1) is 15.6. The SMILES string of the molecule is CC[C@@H](C)Oc1ccc(C=Nc2ccccc2C)cc1Cl. The summed E-state index contributed by atoms with van der Waals surface area (Å²) >= 11 is 6.26. The number of rotatable bonds is 5. The highest BCUT2D eigenvalue weighted by Crippen LogP contribution is 2.26. The van der Waals surface area contributed by atoms with E-state index in [-0.39, 0.29) is 6.10 Å². The summed E-state index contributed by atoms with van der Waals surface area (Å²) in [5.74, 6) is 0.721. The van der Waals surface area contributed by atoms with Crippen LogP contribution in [-0.4, -0.2) is 12.3 Å². The Morgan fingerprint density at radius 2 is 2.00 bits per heavy atom. The molecular weight excluding hydrogens is 282 g/mol. The third-order valence-electron chi connectivity index (χ3n) is 3.33. The minimum atomic E-state index is 0.161.